The van der Waals surface area contributed by atoms with Gasteiger partial charge in [0.05, 0.1) is 0 Å². The first-order valence-electron chi connectivity index (χ1n) is 8.62. The van der Waals surface area contributed by atoms with Gasteiger partial charge in [0.2, 0.25) is 0 Å². The molecule has 0 N–H and O–H groups in total. The summed E-state index contributed by atoms with van der Waals surface area (Å²) in [6.45, 7) is 12.9. The van der Waals surface area contributed by atoms with E-state index in [1.54, 1.807) is 0 Å². The summed E-state index contributed by atoms with van der Waals surface area (Å²) in [7, 11) is 0. The molecule has 0 aliphatic heterocycles. The van der Waals surface area contributed by atoms with Crippen molar-refractivity contribution in [3.8, 4) is 0 Å². The molecule has 0 unspecified atom stereocenters. The second kappa shape index (κ2) is 7.83. The third-order valence-electron chi connectivity index (χ3n) is 4.64. The van der Waals surface area contributed by atoms with Crippen LogP contribution in [0.3, 0.4) is 0 Å². The molecule has 0 heterocycles. The van der Waals surface area contributed by atoms with Gasteiger partial charge in [-0.1, -0.05) is 48.2 Å². The van der Waals surface area contributed by atoms with Crippen LogP contribution in [0.4, 0.5) is 0 Å². The van der Waals surface area contributed by atoms with Crippen molar-refractivity contribution in [2.75, 3.05) is 0 Å². The van der Waals surface area contributed by atoms with Crippen LogP contribution < -0.4 is 0 Å². The van der Waals surface area contributed by atoms with E-state index in [1.807, 2.05) is 0 Å². The Labute approximate surface area is 170 Å². The average Bonchev–Trinajstić information content (AvgIpc) is 3.01. The van der Waals surface area contributed by atoms with E-state index in [0.717, 1.165) is 0 Å². The van der Waals surface area contributed by atoms with Crippen LogP contribution in [0.2, 0.25) is 0 Å². The molecule has 1 heteroatoms. The molecule has 0 saturated heterocycles. The van der Waals surface area contributed by atoms with Gasteiger partial charge in [-0.15, -0.1) is 56.9 Å². The second-order valence-electron chi connectivity index (χ2n) is 7.23. The van der Waals surface area contributed by atoms with E-state index in [1.165, 1.54) is 54.9 Å². The zero-order valence-corrected chi connectivity index (χ0v) is 18.6. The molecule has 4 aromatic rings. The molecule has 0 saturated carbocycles. The second-order valence-corrected chi connectivity index (χ2v) is 7.23. The molecular formula is C24H26Zr. The monoisotopic (exact) mass is 404 g/mol. The first kappa shape index (κ1) is 19.9. The predicted octanol–water partition coefficient (Wildman–Crippen LogP) is 6.97. The van der Waals surface area contributed by atoms with Gasteiger partial charge < -0.3 is 0 Å². The van der Waals surface area contributed by atoms with E-state index >= 15 is 0 Å². The topological polar surface area (TPSA) is 0 Å². The number of hydrogen-bond donors (Lipinski definition) is 0. The van der Waals surface area contributed by atoms with Crippen LogP contribution in [0.5, 0.6) is 0 Å². The Morgan fingerprint density at radius 3 is 1.24 bits per heavy atom. The van der Waals surface area contributed by atoms with Crippen LogP contribution in [-0.4, -0.2) is 0 Å². The van der Waals surface area contributed by atoms with Gasteiger partial charge in [-0.25, -0.2) is 0 Å². The van der Waals surface area contributed by atoms with Crippen molar-refractivity contribution in [2.45, 2.75) is 41.5 Å². The van der Waals surface area contributed by atoms with Gasteiger partial charge in [0, 0.05) is 0 Å². The van der Waals surface area contributed by atoms with Crippen LogP contribution >= 0.6 is 0 Å². The maximum atomic E-state index is 2.25. The minimum absolute atomic E-state index is 0. The maximum Gasteiger partial charge on any atom is 2.00 e. The molecule has 0 bridgehead atoms. The summed E-state index contributed by atoms with van der Waals surface area (Å²) in [6, 6.07) is 18.0. The maximum absolute atomic E-state index is 2.25. The minimum Gasteiger partial charge on any atom is -0.165 e. The molecule has 0 amide bonds. The van der Waals surface area contributed by atoms with Crippen LogP contribution in [0.1, 0.15) is 33.4 Å². The van der Waals surface area contributed by atoms with Crippen LogP contribution in [-0.2, 0) is 26.2 Å². The largest absolute Gasteiger partial charge is 2.00 e. The normalized spacial score (nSPS) is 10.5. The van der Waals surface area contributed by atoms with E-state index in [0.29, 0.717) is 0 Å². The van der Waals surface area contributed by atoms with Crippen molar-refractivity contribution in [1.29, 1.82) is 0 Å². The fourth-order valence-corrected chi connectivity index (χ4v) is 3.69. The first-order valence-corrected chi connectivity index (χ1v) is 8.62. The van der Waals surface area contributed by atoms with Crippen LogP contribution in [0.15, 0.2) is 48.5 Å². The molecule has 0 spiro atoms. The zero-order valence-electron chi connectivity index (χ0n) is 16.1. The van der Waals surface area contributed by atoms with Crippen LogP contribution in [0.25, 0.3) is 21.5 Å². The van der Waals surface area contributed by atoms with Gasteiger partial charge in [0.1, 0.15) is 0 Å². The quantitative estimate of drug-likeness (QED) is 0.277. The standard InChI is InChI=1S/2C12H13.Zr/c2*1-8-4-10(3)12-7-9(2)6-11(12)5-8;/h2*4-7H,1-3H3;/q2*-1;+2. The number of aryl methyl sites for hydroxylation is 6. The predicted molar refractivity (Wildman–Crippen MR) is 108 cm³/mol. The van der Waals surface area contributed by atoms with E-state index < -0.39 is 0 Å². The van der Waals surface area contributed by atoms with E-state index in [9.17, 15) is 0 Å². The van der Waals surface area contributed by atoms with Gasteiger partial charge in [-0.05, 0) is 27.7 Å². The molecule has 0 nitrogen and oxygen atoms in total. The third-order valence-corrected chi connectivity index (χ3v) is 4.64. The molecule has 4 aromatic carbocycles. The fraction of sp³-hybridized carbons (Fsp3) is 0.250. The molecule has 0 aliphatic carbocycles. The van der Waals surface area contributed by atoms with Crippen molar-refractivity contribution in [2.24, 2.45) is 0 Å². The van der Waals surface area contributed by atoms with E-state index in [4.69, 9.17) is 0 Å². The fourth-order valence-electron chi connectivity index (χ4n) is 3.69. The first-order chi connectivity index (χ1) is 11.3. The molecule has 0 atom stereocenters. The Bertz CT molecular complexity index is 928. The number of fused-ring (bicyclic) bond motifs is 2. The third kappa shape index (κ3) is 4.39. The van der Waals surface area contributed by atoms with Gasteiger partial charge in [0.25, 0.3) is 0 Å². The molecule has 4 rings (SSSR count). The van der Waals surface area contributed by atoms with Crippen molar-refractivity contribution in [3.63, 3.8) is 0 Å². The number of rotatable bonds is 0. The Morgan fingerprint density at radius 1 is 0.520 bits per heavy atom. The Hall–Kier alpha value is -1.46. The summed E-state index contributed by atoms with van der Waals surface area (Å²) in [4.78, 5) is 0. The number of benzene rings is 2. The summed E-state index contributed by atoms with van der Waals surface area (Å²) >= 11 is 0. The van der Waals surface area contributed by atoms with Gasteiger partial charge in [-0.3, -0.25) is 0 Å². The van der Waals surface area contributed by atoms with Gasteiger partial charge >= 0.3 is 26.2 Å². The SMILES string of the molecule is Cc1cc(C)c2cc(C)[cH-]c2c1.Cc1cc(C)c2cc(C)[cH-]c2c1.[Zr+2]. The molecule has 0 aliphatic rings. The summed E-state index contributed by atoms with van der Waals surface area (Å²) in [6.07, 6.45) is 0. The molecule has 0 fully saturated rings. The average molecular weight is 406 g/mol. The Morgan fingerprint density at radius 2 is 0.880 bits per heavy atom. The summed E-state index contributed by atoms with van der Waals surface area (Å²) < 4.78 is 0. The Balaban J connectivity index is 0.000000173. The molecule has 25 heavy (non-hydrogen) atoms. The van der Waals surface area contributed by atoms with Crippen molar-refractivity contribution < 1.29 is 26.2 Å². The van der Waals surface area contributed by atoms with Crippen molar-refractivity contribution >= 4 is 21.5 Å². The summed E-state index contributed by atoms with van der Waals surface area (Å²) in [5.74, 6) is 0. The number of hydrogen-bond acceptors (Lipinski definition) is 0. The summed E-state index contributed by atoms with van der Waals surface area (Å²) in [5, 5.41) is 5.56. The van der Waals surface area contributed by atoms with Crippen molar-refractivity contribution in [1.82, 2.24) is 0 Å². The smallest absolute Gasteiger partial charge is 0.165 e. The minimum atomic E-state index is 0. The van der Waals surface area contributed by atoms with E-state index in [2.05, 4.69) is 90.1 Å². The zero-order chi connectivity index (χ0) is 17.4. The molecular weight excluding hydrogens is 379 g/mol. The molecule has 0 radical (unpaired) electrons. The van der Waals surface area contributed by atoms with Crippen LogP contribution in [0, 0.1) is 41.5 Å². The van der Waals surface area contributed by atoms with Gasteiger partial charge in [0.15, 0.2) is 0 Å². The Kier molecular flexibility index (Phi) is 6.22. The van der Waals surface area contributed by atoms with Crippen molar-refractivity contribution in [3.05, 3.63) is 81.9 Å². The molecule has 126 valence electrons. The summed E-state index contributed by atoms with van der Waals surface area (Å²) in [5.41, 5.74) is 8.20. The van der Waals surface area contributed by atoms with Gasteiger partial charge in [-0.2, -0.15) is 12.1 Å². The molecule has 0 aromatic heterocycles. The van der Waals surface area contributed by atoms with E-state index in [-0.39, 0.29) is 26.2 Å².